The van der Waals surface area contributed by atoms with Gasteiger partial charge in [-0.1, -0.05) is 11.8 Å². The van der Waals surface area contributed by atoms with E-state index in [0.717, 1.165) is 12.8 Å². The highest BCUT2D eigenvalue weighted by Crippen LogP contribution is 2.37. The maximum atomic E-state index is 11.5. The van der Waals surface area contributed by atoms with E-state index in [1.807, 2.05) is 0 Å². The van der Waals surface area contributed by atoms with E-state index in [1.165, 1.54) is 11.8 Å². The zero-order chi connectivity index (χ0) is 12.6. The zero-order valence-electron chi connectivity index (χ0n) is 9.77. The molecule has 0 atom stereocenters. The van der Waals surface area contributed by atoms with E-state index in [4.69, 9.17) is 5.11 Å². The third-order valence-corrected chi connectivity index (χ3v) is 4.14. The Hall–Kier alpha value is -1.24. The molecule has 0 aromatic carbocycles. The number of thioether (sulfide) groups is 1. The van der Waals surface area contributed by atoms with Crippen molar-refractivity contribution in [3.05, 3.63) is 10.5 Å². The SMILES string of the molecule is CC(C)(CSc1n[nH]c(=O)n1C1CC1)C(=O)O. The normalized spacial score (nSPS) is 16.1. The highest BCUT2D eigenvalue weighted by atomic mass is 32.2. The van der Waals surface area contributed by atoms with Gasteiger partial charge in [0.05, 0.1) is 5.41 Å². The minimum absolute atomic E-state index is 0.205. The summed E-state index contributed by atoms with van der Waals surface area (Å²) in [6.07, 6.45) is 1.99. The van der Waals surface area contributed by atoms with Crippen LogP contribution in [0.25, 0.3) is 0 Å². The van der Waals surface area contributed by atoms with E-state index in [0.29, 0.717) is 10.9 Å². The second-order valence-corrected chi connectivity index (χ2v) is 5.83. The van der Waals surface area contributed by atoms with Crippen molar-refractivity contribution in [2.45, 2.75) is 37.9 Å². The average molecular weight is 257 g/mol. The van der Waals surface area contributed by atoms with Gasteiger partial charge >= 0.3 is 11.7 Å². The number of carboxylic acids is 1. The van der Waals surface area contributed by atoms with Gasteiger partial charge in [-0.3, -0.25) is 9.36 Å². The number of rotatable bonds is 5. The molecule has 1 aromatic rings. The molecular formula is C10H15N3O3S. The van der Waals surface area contributed by atoms with Crippen LogP contribution in [-0.2, 0) is 4.79 Å². The average Bonchev–Trinajstić information content (AvgIpc) is 3.00. The molecular weight excluding hydrogens is 242 g/mol. The standard InChI is InChI=1S/C10H15N3O3S/c1-10(2,7(14)15)5-17-9-12-11-8(16)13(9)6-3-4-6/h6H,3-5H2,1-2H3,(H,11,16)(H,14,15). The van der Waals surface area contributed by atoms with Crippen LogP contribution in [0.5, 0.6) is 0 Å². The van der Waals surface area contributed by atoms with Crippen molar-refractivity contribution in [1.29, 1.82) is 0 Å². The van der Waals surface area contributed by atoms with Gasteiger partial charge in [-0.15, -0.1) is 5.10 Å². The predicted octanol–water partition coefficient (Wildman–Crippen LogP) is 1.11. The Bertz CT molecular complexity index is 487. The molecule has 1 saturated carbocycles. The Balaban J connectivity index is 2.09. The van der Waals surface area contributed by atoms with E-state index in [2.05, 4.69) is 10.2 Å². The number of carbonyl (C=O) groups is 1. The van der Waals surface area contributed by atoms with Crippen molar-refractivity contribution in [1.82, 2.24) is 14.8 Å². The van der Waals surface area contributed by atoms with Crippen LogP contribution < -0.4 is 5.69 Å². The number of aromatic nitrogens is 3. The summed E-state index contributed by atoms with van der Waals surface area (Å²) < 4.78 is 1.63. The summed E-state index contributed by atoms with van der Waals surface area (Å²) in [6, 6.07) is 0.247. The number of hydrogen-bond donors (Lipinski definition) is 2. The molecule has 1 aliphatic rings. The molecule has 0 bridgehead atoms. The number of nitrogens with zero attached hydrogens (tertiary/aromatic N) is 2. The number of aliphatic carboxylic acids is 1. The van der Waals surface area contributed by atoms with Gasteiger partial charge in [0.15, 0.2) is 5.16 Å². The molecule has 1 aromatic heterocycles. The highest BCUT2D eigenvalue weighted by molar-refractivity contribution is 7.99. The van der Waals surface area contributed by atoms with Crippen molar-refractivity contribution in [3.63, 3.8) is 0 Å². The highest BCUT2D eigenvalue weighted by Gasteiger charge is 2.31. The predicted molar refractivity (Wildman–Crippen MR) is 63.3 cm³/mol. The van der Waals surface area contributed by atoms with Crippen molar-refractivity contribution in [2.24, 2.45) is 5.41 Å². The quantitative estimate of drug-likeness (QED) is 0.771. The van der Waals surface area contributed by atoms with Crippen LogP contribution in [0.3, 0.4) is 0 Å². The van der Waals surface area contributed by atoms with Crippen LogP contribution in [0.1, 0.15) is 32.7 Å². The monoisotopic (exact) mass is 257 g/mol. The van der Waals surface area contributed by atoms with Crippen molar-refractivity contribution >= 4 is 17.7 Å². The lowest BCUT2D eigenvalue weighted by Gasteiger charge is -2.17. The minimum Gasteiger partial charge on any atom is -0.481 e. The molecule has 0 aliphatic heterocycles. The Morgan fingerprint density at radius 3 is 2.82 bits per heavy atom. The third-order valence-electron chi connectivity index (χ3n) is 2.73. The van der Waals surface area contributed by atoms with Crippen LogP contribution in [0, 0.1) is 5.41 Å². The van der Waals surface area contributed by atoms with Gasteiger partial charge in [0, 0.05) is 11.8 Å². The van der Waals surface area contributed by atoms with Gasteiger partial charge in [0.1, 0.15) is 0 Å². The number of hydrogen-bond acceptors (Lipinski definition) is 4. The van der Waals surface area contributed by atoms with Crippen molar-refractivity contribution in [2.75, 3.05) is 5.75 Å². The Morgan fingerprint density at radius 1 is 1.65 bits per heavy atom. The Morgan fingerprint density at radius 2 is 2.29 bits per heavy atom. The van der Waals surface area contributed by atoms with Crippen LogP contribution in [-0.4, -0.2) is 31.6 Å². The third kappa shape index (κ3) is 2.54. The molecule has 7 heteroatoms. The maximum Gasteiger partial charge on any atom is 0.344 e. The molecule has 94 valence electrons. The summed E-state index contributed by atoms with van der Waals surface area (Å²) in [5, 5.41) is 15.9. The van der Waals surface area contributed by atoms with E-state index < -0.39 is 11.4 Å². The summed E-state index contributed by atoms with van der Waals surface area (Å²) in [5.41, 5.74) is -1.03. The van der Waals surface area contributed by atoms with E-state index in [9.17, 15) is 9.59 Å². The fourth-order valence-electron chi connectivity index (χ4n) is 1.35. The van der Waals surface area contributed by atoms with Crippen LogP contribution in [0.4, 0.5) is 0 Å². The lowest BCUT2D eigenvalue weighted by molar-refractivity contribution is -0.145. The first-order chi connectivity index (χ1) is 7.92. The first-order valence-electron chi connectivity index (χ1n) is 5.45. The Kier molecular flexibility index (Phi) is 3.03. The van der Waals surface area contributed by atoms with Gasteiger partial charge < -0.3 is 5.11 Å². The van der Waals surface area contributed by atoms with Gasteiger partial charge in [-0.2, -0.15) is 0 Å². The molecule has 1 fully saturated rings. The molecule has 6 nitrogen and oxygen atoms in total. The van der Waals surface area contributed by atoms with Crippen LogP contribution in [0.15, 0.2) is 9.95 Å². The summed E-state index contributed by atoms with van der Waals surface area (Å²) in [6.45, 7) is 3.32. The molecule has 1 heterocycles. The lowest BCUT2D eigenvalue weighted by Crippen LogP contribution is -2.26. The Labute approximate surface area is 102 Å². The molecule has 2 rings (SSSR count). The first kappa shape index (κ1) is 12.2. The summed E-state index contributed by atoms with van der Waals surface area (Å²) >= 11 is 1.31. The van der Waals surface area contributed by atoms with Crippen molar-refractivity contribution in [3.8, 4) is 0 Å². The number of nitrogens with one attached hydrogen (secondary N) is 1. The fourth-order valence-corrected chi connectivity index (χ4v) is 2.45. The lowest BCUT2D eigenvalue weighted by atomic mass is 9.97. The second kappa shape index (κ2) is 4.21. The molecule has 1 aliphatic carbocycles. The number of carboxylic acid groups (broad SMARTS) is 1. The summed E-state index contributed by atoms with van der Waals surface area (Å²) in [5.74, 6) is -0.458. The maximum absolute atomic E-state index is 11.5. The molecule has 0 radical (unpaired) electrons. The van der Waals surface area contributed by atoms with Crippen molar-refractivity contribution < 1.29 is 9.90 Å². The number of H-pyrrole nitrogens is 1. The fraction of sp³-hybridized carbons (Fsp3) is 0.700. The molecule has 0 saturated heterocycles. The van der Waals surface area contributed by atoms with Crippen LogP contribution >= 0.6 is 11.8 Å². The molecule has 0 spiro atoms. The van der Waals surface area contributed by atoms with E-state index >= 15 is 0 Å². The van der Waals surface area contributed by atoms with Crippen LogP contribution in [0.2, 0.25) is 0 Å². The molecule has 2 N–H and O–H groups in total. The summed E-state index contributed by atoms with van der Waals surface area (Å²) in [4.78, 5) is 22.5. The zero-order valence-corrected chi connectivity index (χ0v) is 10.6. The van der Waals surface area contributed by atoms with Gasteiger partial charge in [-0.05, 0) is 26.7 Å². The van der Waals surface area contributed by atoms with Gasteiger partial charge in [-0.25, -0.2) is 9.89 Å². The van der Waals surface area contributed by atoms with Gasteiger partial charge in [0.25, 0.3) is 0 Å². The molecule has 17 heavy (non-hydrogen) atoms. The van der Waals surface area contributed by atoms with Gasteiger partial charge in [0.2, 0.25) is 0 Å². The van der Waals surface area contributed by atoms with E-state index in [-0.39, 0.29) is 11.7 Å². The second-order valence-electron chi connectivity index (χ2n) is 4.89. The minimum atomic E-state index is -0.846. The summed E-state index contributed by atoms with van der Waals surface area (Å²) in [7, 11) is 0. The first-order valence-corrected chi connectivity index (χ1v) is 6.43. The topological polar surface area (TPSA) is 88.0 Å². The molecule has 0 unspecified atom stereocenters. The number of aromatic amines is 1. The van der Waals surface area contributed by atoms with E-state index in [1.54, 1.807) is 18.4 Å². The smallest absolute Gasteiger partial charge is 0.344 e. The molecule has 0 amide bonds. The largest absolute Gasteiger partial charge is 0.481 e.